The van der Waals surface area contributed by atoms with Gasteiger partial charge in [0.1, 0.15) is 0 Å². The predicted octanol–water partition coefficient (Wildman–Crippen LogP) is 1.75. The van der Waals surface area contributed by atoms with Gasteiger partial charge in [0.05, 0.1) is 12.5 Å². The van der Waals surface area contributed by atoms with Crippen LogP contribution in [-0.4, -0.2) is 36.9 Å². The van der Waals surface area contributed by atoms with Crippen LogP contribution in [0.5, 0.6) is 0 Å². The first kappa shape index (κ1) is 15.4. The van der Waals surface area contributed by atoms with Crippen molar-refractivity contribution in [2.24, 2.45) is 11.8 Å². The zero-order chi connectivity index (χ0) is 12.6. The molecule has 0 aromatic rings. The van der Waals surface area contributed by atoms with Gasteiger partial charge < -0.3 is 15.2 Å². The number of carbonyl (C=O) groups is 1. The van der Waals surface area contributed by atoms with Gasteiger partial charge in [-0.1, -0.05) is 13.8 Å². The summed E-state index contributed by atoms with van der Waals surface area (Å²) < 4.78 is 5.26. The Morgan fingerprint density at radius 3 is 2.44 bits per heavy atom. The number of hydrogen-bond acceptors (Lipinski definition) is 3. The van der Waals surface area contributed by atoms with Crippen LogP contribution in [0.25, 0.3) is 0 Å². The van der Waals surface area contributed by atoms with Gasteiger partial charge >= 0.3 is 5.97 Å². The number of aliphatic carboxylic acids is 1. The third-order valence-corrected chi connectivity index (χ3v) is 2.39. The normalized spacial score (nSPS) is 15.1. The Balaban J connectivity index is 3.87. The zero-order valence-corrected chi connectivity index (χ0v) is 10.8. The number of rotatable bonds is 9. The molecule has 4 nitrogen and oxygen atoms in total. The summed E-state index contributed by atoms with van der Waals surface area (Å²) in [6.07, 6.45) is 0.712. The van der Waals surface area contributed by atoms with Crippen molar-refractivity contribution in [3.05, 3.63) is 0 Å². The molecular weight excluding hydrogens is 206 g/mol. The number of hydrogen-bond donors (Lipinski definition) is 2. The first-order valence-electron chi connectivity index (χ1n) is 6.01. The number of ether oxygens (including phenoxy) is 1. The van der Waals surface area contributed by atoms with Crippen LogP contribution in [0, 0.1) is 11.8 Å². The molecule has 0 aromatic carbocycles. The highest BCUT2D eigenvalue weighted by atomic mass is 16.5. The lowest BCUT2D eigenvalue weighted by molar-refractivity contribution is -0.142. The van der Waals surface area contributed by atoms with Crippen LogP contribution in [-0.2, 0) is 9.53 Å². The predicted molar refractivity (Wildman–Crippen MR) is 64.5 cm³/mol. The fourth-order valence-corrected chi connectivity index (χ4v) is 1.54. The number of carboxylic acids is 1. The SMILES string of the molecule is CCOCC(C)NCC(CC(C)C)C(=O)O. The fourth-order valence-electron chi connectivity index (χ4n) is 1.54. The van der Waals surface area contributed by atoms with Gasteiger partial charge in [-0.15, -0.1) is 0 Å². The van der Waals surface area contributed by atoms with E-state index < -0.39 is 5.97 Å². The Labute approximate surface area is 98.4 Å². The van der Waals surface area contributed by atoms with E-state index >= 15 is 0 Å². The molecule has 0 fully saturated rings. The van der Waals surface area contributed by atoms with Gasteiger partial charge in [0.15, 0.2) is 0 Å². The standard InChI is InChI=1S/C12H25NO3/c1-5-16-8-10(4)13-7-11(12(14)15)6-9(2)3/h9-11,13H,5-8H2,1-4H3,(H,14,15). The van der Waals surface area contributed by atoms with Gasteiger partial charge in [-0.05, 0) is 26.2 Å². The molecule has 0 amide bonds. The van der Waals surface area contributed by atoms with Crippen LogP contribution in [0.15, 0.2) is 0 Å². The summed E-state index contributed by atoms with van der Waals surface area (Å²) in [5.41, 5.74) is 0. The first-order valence-corrected chi connectivity index (χ1v) is 6.01. The van der Waals surface area contributed by atoms with Crippen molar-refractivity contribution in [2.75, 3.05) is 19.8 Å². The molecule has 0 aliphatic rings. The minimum absolute atomic E-state index is 0.203. The van der Waals surface area contributed by atoms with E-state index in [0.29, 0.717) is 32.1 Å². The molecule has 4 heteroatoms. The van der Waals surface area contributed by atoms with Crippen LogP contribution >= 0.6 is 0 Å². The van der Waals surface area contributed by atoms with Crippen molar-refractivity contribution in [1.82, 2.24) is 5.32 Å². The van der Waals surface area contributed by atoms with E-state index in [2.05, 4.69) is 5.32 Å². The molecule has 16 heavy (non-hydrogen) atoms. The zero-order valence-electron chi connectivity index (χ0n) is 10.8. The second-order valence-electron chi connectivity index (χ2n) is 4.63. The molecule has 0 aliphatic carbocycles. The van der Waals surface area contributed by atoms with Gasteiger partial charge in [0.25, 0.3) is 0 Å². The summed E-state index contributed by atoms with van der Waals surface area (Å²) in [7, 11) is 0. The first-order chi connectivity index (χ1) is 7.47. The summed E-state index contributed by atoms with van der Waals surface area (Å²) >= 11 is 0. The molecule has 0 saturated heterocycles. The molecule has 0 radical (unpaired) electrons. The molecule has 96 valence electrons. The largest absolute Gasteiger partial charge is 0.481 e. The maximum Gasteiger partial charge on any atom is 0.307 e. The number of carboxylic acid groups (broad SMARTS) is 1. The highest BCUT2D eigenvalue weighted by Crippen LogP contribution is 2.11. The van der Waals surface area contributed by atoms with E-state index in [1.807, 2.05) is 27.7 Å². The second kappa shape index (κ2) is 8.53. The van der Waals surface area contributed by atoms with Crippen molar-refractivity contribution in [3.8, 4) is 0 Å². The second-order valence-corrected chi connectivity index (χ2v) is 4.63. The molecule has 0 aliphatic heterocycles. The summed E-state index contributed by atoms with van der Waals surface area (Å²) in [4.78, 5) is 11.0. The number of nitrogens with one attached hydrogen (secondary N) is 1. The van der Waals surface area contributed by atoms with Crippen molar-refractivity contribution >= 4 is 5.97 Å². The van der Waals surface area contributed by atoms with Crippen LogP contribution in [0.3, 0.4) is 0 Å². The quantitative estimate of drug-likeness (QED) is 0.634. The minimum Gasteiger partial charge on any atom is -0.481 e. The van der Waals surface area contributed by atoms with E-state index in [1.165, 1.54) is 0 Å². The Bertz CT molecular complexity index is 195. The lowest BCUT2D eigenvalue weighted by Gasteiger charge is -2.19. The molecule has 0 heterocycles. The summed E-state index contributed by atoms with van der Waals surface area (Å²) in [6, 6.07) is 0.203. The van der Waals surface area contributed by atoms with Crippen LogP contribution in [0.2, 0.25) is 0 Å². The Morgan fingerprint density at radius 2 is 2.00 bits per heavy atom. The molecule has 0 rings (SSSR count). The molecule has 0 saturated carbocycles. The van der Waals surface area contributed by atoms with E-state index in [0.717, 1.165) is 0 Å². The summed E-state index contributed by atoms with van der Waals surface area (Å²) in [5.74, 6) is -0.612. The van der Waals surface area contributed by atoms with E-state index in [-0.39, 0.29) is 12.0 Å². The molecule has 2 N–H and O–H groups in total. The third-order valence-electron chi connectivity index (χ3n) is 2.39. The van der Waals surface area contributed by atoms with Crippen LogP contribution in [0.4, 0.5) is 0 Å². The topological polar surface area (TPSA) is 58.6 Å². The Kier molecular flexibility index (Phi) is 8.21. The molecule has 0 aromatic heterocycles. The van der Waals surface area contributed by atoms with Crippen LogP contribution in [0.1, 0.15) is 34.1 Å². The van der Waals surface area contributed by atoms with Gasteiger partial charge in [0, 0.05) is 19.2 Å². The minimum atomic E-state index is -0.718. The van der Waals surface area contributed by atoms with E-state index in [1.54, 1.807) is 0 Å². The summed E-state index contributed by atoms with van der Waals surface area (Å²) in [6.45, 7) is 9.88. The molecular formula is C12H25NO3. The lowest BCUT2D eigenvalue weighted by Crippen LogP contribution is -2.37. The molecule has 0 spiro atoms. The van der Waals surface area contributed by atoms with Gasteiger partial charge in [-0.2, -0.15) is 0 Å². The monoisotopic (exact) mass is 231 g/mol. The van der Waals surface area contributed by atoms with Crippen LogP contribution < -0.4 is 5.32 Å². The highest BCUT2D eigenvalue weighted by molar-refractivity contribution is 5.70. The Morgan fingerprint density at radius 1 is 1.38 bits per heavy atom. The summed E-state index contributed by atoms with van der Waals surface area (Å²) in [5, 5.41) is 12.2. The molecule has 0 bridgehead atoms. The van der Waals surface area contributed by atoms with E-state index in [9.17, 15) is 4.79 Å². The van der Waals surface area contributed by atoms with Crippen molar-refractivity contribution in [1.29, 1.82) is 0 Å². The maximum absolute atomic E-state index is 11.0. The van der Waals surface area contributed by atoms with E-state index in [4.69, 9.17) is 9.84 Å². The van der Waals surface area contributed by atoms with Gasteiger partial charge in [-0.3, -0.25) is 4.79 Å². The van der Waals surface area contributed by atoms with Crippen molar-refractivity contribution in [2.45, 2.75) is 40.2 Å². The average molecular weight is 231 g/mol. The smallest absolute Gasteiger partial charge is 0.307 e. The fraction of sp³-hybridized carbons (Fsp3) is 0.917. The van der Waals surface area contributed by atoms with Gasteiger partial charge in [0.2, 0.25) is 0 Å². The average Bonchev–Trinajstić information content (AvgIpc) is 2.20. The Hall–Kier alpha value is -0.610. The molecule has 2 unspecified atom stereocenters. The lowest BCUT2D eigenvalue weighted by atomic mass is 9.97. The maximum atomic E-state index is 11.0. The highest BCUT2D eigenvalue weighted by Gasteiger charge is 2.19. The van der Waals surface area contributed by atoms with Gasteiger partial charge in [-0.25, -0.2) is 0 Å². The van der Waals surface area contributed by atoms with Crippen molar-refractivity contribution < 1.29 is 14.6 Å². The molecule has 2 atom stereocenters. The van der Waals surface area contributed by atoms with Crippen molar-refractivity contribution in [3.63, 3.8) is 0 Å². The third kappa shape index (κ3) is 7.65.